The zero-order valence-corrected chi connectivity index (χ0v) is 16.6. The van der Waals surface area contributed by atoms with Crippen LogP contribution < -0.4 is 10.0 Å². The van der Waals surface area contributed by atoms with E-state index in [0.29, 0.717) is 37.3 Å². The third-order valence-corrected chi connectivity index (χ3v) is 6.28. The van der Waals surface area contributed by atoms with Crippen molar-refractivity contribution in [1.82, 2.24) is 15.0 Å². The normalized spacial score (nSPS) is 15.9. The van der Waals surface area contributed by atoms with Crippen LogP contribution in [-0.4, -0.2) is 38.2 Å². The van der Waals surface area contributed by atoms with Gasteiger partial charge in [-0.15, -0.1) is 0 Å². The number of rotatable bonds is 7. The Labute approximate surface area is 169 Å². The summed E-state index contributed by atoms with van der Waals surface area (Å²) in [5.41, 5.74) is 2.85. The first-order chi connectivity index (χ1) is 14.0. The number of aliphatic imine (C=N–C) groups is 1. The topological polar surface area (TPSA) is 103 Å². The summed E-state index contributed by atoms with van der Waals surface area (Å²) >= 11 is 0. The minimum atomic E-state index is -3.52. The molecule has 2 aromatic carbocycles. The lowest BCUT2D eigenvalue weighted by Gasteiger charge is -2.04. The molecule has 7 nitrogen and oxygen atoms in total. The molecule has 0 atom stereocenters. The Kier molecular flexibility index (Phi) is 5.35. The number of hydrogen-bond donors (Lipinski definition) is 3. The van der Waals surface area contributed by atoms with Crippen LogP contribution in [-0.2, 0) is 21.2 Å². The molecule has 0 saturated carbocycles. The summed E-state index contributed by atoms with van der Waals surface area (Å²) in [7, 11) is -3.52. The summed E-state index contributed by atoms with van der Waals surface area (Å²) in [4.78, 5) is 19.9. The van der Waals surface area contributed by atoms with Crippen molar-refractivity contribution in [3.63, 3.8) is 0 Å². The first kappa shape index (κ1) is 19.2. The molecule has 2 heterocycles. The van der Waals surface area contributed by atoms with Crippen molar-refractivity contribution in [2.45, 2.75) is 24.2 Å². The highest BCUT2D eigenvalue weighted by atomic mass is 32.2. The fraction of sp³-hybridized carbons (Fsp3) is 0.238. The van der Waals surface area contributed by atoms with E-state index in [-0.39, 0.29) is 10.8 Å². The first-order valence-corrected chi connectivity index (χ1v) is 11.0. The second-order valence-electron chi connectivity index (χ2n) is 6.89. The number of amides is 1. The smallest absolute Gasteiger partial charge is 0.263 e. The van der Waals surface area contributed by atoms with Gasteiger partial charge >= 0.3 is 0 Å². The maximum absolute atomic E-state index is 12.1. The van der Waals surface area contributed by atoms with Crippen LogP contribution in [0.15, 0.2) is 64.6 Å². The van der Waals surface area contributed by atoms with Gasteiger partial charge in [0.25, 0.3) is 10.0 Å². The molecule has 1 aliphatic rings. The molecule has 0 saturated heterocycles. The van der Waals surface area contributed by atoms with Crippen LogP contribution in [0.4, 0.5) is 0 Å². The van der Waals surface area contributed by atoms with E-state index in [1.807, 2.05) is 24.4 Å². The van der Waals surface area contributed by atoms with Crippen LogP contribution >= 0.6 is 0 Å². The number of fused-ring (bicyclic) bond motifs is 2. The maximum atomic E-state index is 12.1. The highest BCUT2D eigenvalue weighted by Crippen LogP contribution is 2.22. The highest BCUT2D eigenvalue weighted by Gasteiger charge is 2.29. The molecule has 0 fully saturated rings. The van der Waals surface area contributed by atoms with Crippen LogP contribution in [0.3, 0.4) is 0 Å². The minimum Gasteiger partial charge on any atom is -0.361 e. The predicted octanol–water partition coefficient (Wildman–Crippen LogP) is 2.35. The number of carbonyl (C=O) groups excluding carboxylic acids is 1. The number of H-pyrrole nitrogens is 1. The standard InChI is InChI=1S/C21H22N4O3S/c26-20(22-13-11-15-14-24-18-8-3-1-6-16(15)18)10-5-12-23-21-17-7-2-4-9-19(17)29(27,28)25-21/h1-4,6-9,14,24H,5,10-13H2,(H,22,26)(H,23,25). The van der Waals surface area contributed by atoms with E-state index in [4.69, 9.17) is 0 Å². The van der Waals surface area contributed by atoms with E-state index in [0.717, 1.165) is 11.9 Å². The Hall–Kier alpha value is -3.13. The second kappa shape index (κ2) is 8.08. The van der Waals surface area contributed by atoms with Crippen LogP contribution in [0.25, 0.3) is 10.9 Å². The number of nitrogens with one attached hydrogen (secondary N) is 3. The van der Waals surface area contributed by atoms with E-state index >= 15 is 0 Å². The van der Waals surface area contributed by atoms with Gasteiger partial charge in [-0.25, -0.2) is 8.42 Å². The zero-order chi connectivity index (χ0) is 20.3. The largest absolute Gasteiger partial charge is 0.361 e. The third kappa shape index (κ3) is 4.17. The number of nitrogens with zero attached hydrogens (tertiary/aromatic N) is 1. The fourth-order valence-corrected chi connectivity index (χ4v) is 4.70. The first-order valence-electron chi connectivity index (χ1n) is 9.53. The molecule has 0 bridgehead atoms. The lowest BCUT2D eigenvalue weighted by Crippen LogP contribution is -2.25. The Balaban J connectivity index is 1.23. The molecule has 0 aliphatic carbocycles. The van der Waals surface area contributed by atoms with E-state index in [9.17, 15) is 13.2 Å². The quantitative estimate of drug-likeness (QED) is 0.521. The molecule has 4 rings (SSSR count). The van der Waals surface area contributed by atoms with E-state index in [1.54, 1.807) is 24.3 Å². The average Bonchev–Trinajstić information content (AvgIpc) is 3.24. The lowest BCUT2D eigenvalue weighted by molar-refractivity contribution is -0.121. The Morgan fingerprint density at radius 1 is 1.07 bits per heavy atom. The third-order valence-electron chi connectivity index (χ3n) is 4.89. The minimum absolute atomic E-state index is 0.0301. The number of amidine groups is 1. The summed E-state index contributed by atoms with van der Waals surface area (Å²) in [6.07, 6.45) is 3.63. The zero-order valence-electron chi connectivity index (χ0n) is 15.8. The van der Waals surface area contributed by atoms with E-state index in [2.05, 4.69) is 26.1 Å². The van der Waals surface area contributed by atoms with Gasteiger partial charge in [0.05, 0.1) is 4.90 Å². The molecule has 8 heteroatoms. The maximum Gasteiger partial charge on any atom is 0.263 e. The SMILES string of the molecule is O=C(CCCN=C1NS(=O)(=O)c2ccccc21)NCCc1c[nH]c2ccccc12. The monoisotopic (exact) mass is 410 g/mol. The molecule has 0 unspecified atom stereocenters. The molecule has 150 valence electrons. The van der Waals surface area contributed by atoms with Gasteiger partial charge in [-0.05, 0) is 36.6 Å². The summed E-state index contributed by atoms with van der Waals surface area (Å²) in [6, 6.07) is 14.8. The summed E-state index contributed by atoms with van der Waals surface area (Å²) < 4.78 is 26.6. The van der Waals surface area contributed by atoms with Gasteiger partial charge < -0.3 is 10.3 Å². The average molecular weight is 410 g/mol. The number of carbonyl (C=O) groups is 1. The molecule has 0 spiro atoms. The molecule has 29 heavy (non-hydrogen) atoms. The van der Waals surface area contributed by atoms with Gasteiger partial charge in [-0.2, -0.15) is 0 Å². The molecule has 1 amide bonds. The van der Waals surface area contributed by atoms with Crippen molar-refractivity contribution < 1.29 is 13.2 Å². The number of aromatic amines is 1. The van der Waals surface area contributed by atoms with Crippen molar-refractivity contribution in [1.29, 1.82) is 0 Å². The number of sulfonamides is 1. The fourth-order valence-electron chi connectivity index (χ4n) is 3.45. The second-order valence-corrected chi connectivity index (χ2v) is 8.55. The number of para-hydroxylation sites is 1. The van der Waals surface area contributed by atoms with E-state index in [1.165, 1.54) is 10.9 Å². The van der Waals surface area contributed by atoms with Crippen LogP contribution in [0.2, 0.25) is 0 Å². The van der Waals surface area contributed by atoms with Crippen molar-refractivity contribution in [3.05, 3.63) is 65.9 Å². The Morgan fingerprint density at radius 3 is 2.76 bits per heavy atom. The van der Waals surface area contributed by atoms with Crippen molar-refractivity contribution in [2.24, 2.45) is 4.99 Å². The molecule has 1 aliphatic heterocycles. The van der Waals surface area contributed by atoms with Crippen LogP contribution in [0.5, 0.6) is 0 Å². The molecule has 3 N–H and O–H groups in total. The van der Waals surface area contributed by atoms with Gasteiger partial charge in [-0.3, -0.25) is 14.5 Å². The van der Waals surface area contributed by atoms with Crippen molar-refractivity contribution >= 4 is 32.7 Å². The van der Waals surface area contributed by atoms with Crippen molar-refractivity contribution in [3.8, 4) is 0 Å². The molecular weight excluding hydrogens is 388 g/mol. The molecule has 1 aromatic heterocycles. The Bertz CT molecular complexity index is 1180. The molecule has 3 aromatic rings. The lowest BCUT2D eigenvalue weighted by atomic mass is 10.1. The Morgan fingerprint density at radius 2 is 1.86 bits per heavy atom. The highest BCUT2D eigenvalue weighted by molar-refractivity contribution is 7.90. The molecular formula is C21H22N4O3S. The van der Waals surface area contributed by atoms with Crippen LogP contribution in [0, 0.1) is 0 Å². The summed E-state index contributed by atoms with van der Waals surface area (Å²) in [5, 5.41) is 4.11. The van der Waals surface area contributed by atoms with E-state index < -0.39 is 10.0 Å². The van der Waals surface area contributed by atoms with Crippen molar-refractivity contribution in [2.75, 3.05) is 13.1 Å². The molecule has 0 radical (unpaired) electrons. The number of aromatic nitrogens is 1. The van der Waals surface area contributed by atoms with Crippen LogP contribution in [0.1, 0.15) is 24.0 Å². The summed E-state index contributed by atoms with van der Waals surface area (Å²) in [6.45, 7) is 0.949. The number of benzene rings is 2. The number of hydrogen-bond acceptors (Lipinski definition) is 4. The van der Waals surface area contributed by atoms with Gasteiger partial charge in [0.15, 0.2) is 0 Å². The van der Waals surface area contributed by atoms with Gasteiger partial charge in [-0.1, -0.05) is 30.3 Å². The van der Waals surface area contributed by atoms with Gasteiger partial charge in [0, 0.05) is 42.2 Å². The van der Waals surface area contributed by atoms with Gasteiger partial charge in [0.2, 0.25) is 5.91 Å². The summed E-state index contributed by atoms with van der Waals surface area (Å²) in [5.74, 6) is 0.317. The predicted molar refractivity (Wildman–Crippen MR) is 112 cm³/mol. The van der Waals surface area contributed by atoms with Gasteiger partial charge in [0.1, 0.15) is 5.84 Å².